The molecular formula is C70H99ClI2N13O12+. The van der Waals surface area contributed by atoms with Crippen molar-refractivity contribution in [2.75, 3.05) is 74.0 Å². The number of halogens is 3. The Morgan fingerprint density at radius 3 is 1.12 bits per heavy atom. The third kappa shape index (κ3) is 27.5. The number of urea groups is 2. The number of ether oxygens (including phenoxy) is 6. The summed E-state index contributed by atoms with van der Waals surface area (Å²) in [6.07, 6.45) is -3.06. The third-order valence-corrected chi connectivity index (χ3v) is 21.2. The van der Waals surface area contributed by atoms with Gasteiger partial charge in [-0.3, -0.25) is 0 Å². The summed E-state index contributed by atoms with van der Waals surface area (Å²) in [5.74, 6) is 1.83. The van der Waals surface area contributed by atoms with Gasteiger partial charge in [-0.15, -0.1) is 17.4 Å². The number of aliphatic imine (C=N–C) groups is 3. The van der Waals surface area contributed by atoms with Gasteiger partial charge < -0.3 is 40.4 Å². The van der Waals surface area contributed by atoms with Gasteiger partial charge in [-0.1, -0.05) is 42.0 Å². The Balaban J connectivity index is 0.000000352. The molecule has 2 heterocycles. The molecule has 5 aromatic carbocycles. The van der Waals surface area contributed by atoms with E-state index in [0.717, 1.165) is 28.2 Å². The normalized spacial score (nSPS) is 13.9. The average Bonchev–Trinajstić information content (AvgIpc) is 0.813. The zero-order valence-corrected chi connectivity index (χ0v) is 65.3. The molecule has 98 heavy (non-hydrogen) atoms. The van der Waals surface area contributed by atoms with E-state index in [1.807, 2.05) is 91.9 Å². The van der Waals surface area contributed by atoms with Crippen molar-refractivity contribution < 1.29 is 78.4 Å². The van der Waals surface area contributed by atoms with Crippen LogP contribution in [0.2, 0.25) is 0 Å². The Bertz CT molecular complexity index is 3530. The van der Waals surface area contributed by atoms with Crippen LogP contribution in [0.1, 0.15) is 105 Å². The number of rotatable bonds is 12. The quantitative estimate of drug-likeness (QED) is 0.0387. The average molecular weight is 1600 g/mol. The number of alkyl halides is 1. The Morgan fingerprint density at radius 2 is 0.796 bits per heavy atom. The summed E-state index contributed by atoms with van der Waals surface area (Å²) < 4.78 is 38.0. The van der Waals surface area contributed by atoms with E-state index in [9.17, 15) is 28.8 Å². The Morgan fingerprint density at radius 1 is 0.490 bits per heavy atom. The number of carbonyl (C=O) groups is 6. The summed E-state index contributed by atoms with van der Waals surface area (Å²) in [7, 11) is 9.86. The summed E-state index contributed by atoms with van der Waals surface area (Å²) in [6.45, 7) is 24.3. The van der Waals surface area contributed by atoms with Gasteiger partial charge in [0.25, 0.3) is 0 Å². The first-order valence-electron chi connectivity index (χ1n) is 31.1. The smallest absolute Gasteiger partial charge is 0.437 e. The number of methoxy groups -OCH3 is 2. The minimum absolute atomic E-state index is 0. The van der Waals surface area contributed by atoms with E-state index < -0.39 is 87.8 Å². The number of hydrogen-bond acceptors (Lipinski definition) is 13. The van der Waals surface area contributed by atoms with Gasteiger partial charge in [0.15, 0.2) is 13.1 Å². The van der Waals surface area contributed by atoms with Crippen LogP contribution in [-0.4, -0.2) is 190 Å². The first-order chi connectivity index (χ1) is 45.2. The molecule has 2 aliphatic rings. The summed E-state index contributed by atoms with van der Waals surface area (Å²) in [6, 6.07) is 40.1. The van der Waals surface area contributed by atoms with Crippen molar-refractivity contribution in [1.29, 1.82) is 0 Å². The van der Waals surface area contributed by atoms with Crippen LogP contribution in [0.4, 0.5) is 28.8 Å². The summed E-state index contributed by atoms with van der Waals surface area (Å²) in [5.41, 5.74) is 11.2. The van der Waals surface area contributed by atoms with Crippen LogP contribution in [0.15, 0.2) is 136 Å². The van der Waals surface area contributed by atoms with Crippen molar-refractivity contribution in [2.45, 2.75) is 132 Å². The van der Waals surface area contributed by atoms with Crippen molar-refractivity contribution in [1.82, 2.24) is 39.2 Å². The second-order valence-electron chi connectivity index (χ2n) is 26.8. The molecular weight excluding hydrogens is 1500 g/mol. The number of carbonyl (C=O) groups excluding carboxylic acids is 6. The molecule has 2 aliphatic heterocycles. The van der Waals surface area contributed by atoms with Crippen LogP contribution in [0, 0.1) is 21.2 Å². The topological polar surface area (TPSA) is 273 Å². The van der Waals surface area contributed by atoms with Gasteiger partial charge in [0.1, 0.15) is 17.0 Å². The number of benzene rings is 5. The van der Waals surface area contributed by atoms with E-state index in [-0.39, 0.29) is 82.1 Å². The number of aryl methyl sites for hydroxylation is 1. The fourth-order valence-corrected chi connectivity index (χ4v) is 14.7. The van der Waals surface area contributed by atoms with E-state index in [1.165, 1.54) is 49.2 Å². The molecule has 4 N–H and O–H groups in total. The molecule has 0 unspecified atom stereocenters. The number of nitrogens with two attached hydrogens (primary N) is 2. The molecule has 0 saturated carbocycles. The predicted molar refractivity (Wildman–Crippen MR) is 387 cm³/mol. The van der Waals surface area contributed by atoms with Crippen LogP contribution in [0.3, 0.4) is 0 Å². The number of nitrogens with zero attached hydrogens (tertiary/aromatic N) is 11. The molecule has 0 aliphatic carbocycles. The summed E-state index contributed by atoms with van der Waals surface area (Å²) in [4.78, 5) is 105. The molecule has 0 atom stereocenters. The molecule has 0 spiro atoms. The zero-order chi connectivity index (χ0) is 72.3. The maximum atomic E-state index is 13.7. The molecule has 25 nitrogen and oxygen atoms in total. The molecule has 8 amide bonds. The van der Waals surface area contributed by atoms with Crippen LogP contribution >= 0.6 is 32.2 Å². The standard InChI is InChI=1S/C31H44IN5O6.C30H41IN5O6.C9H13N3.ClH/c1-30(2,3)42-27(38)33-26(36-20-34(8)28(39)35(9)21-36)37(29(40)43-31(4,5)6)19-22-11-13-23(14-12-22)32(7)24-15-17-25(41-10)18-16-24;1-29(2,3)41-26(37)32-25(35-19-33(7)27(38)34(8)20-35)36(28(39)42-30(4,5)6)18-21-10-12-22(13-11-21)31-23-14-16-24(40-9)17-15-23;1-7-2-4-8(5-3-7)6-12-9(10)11;/h11-18H,19-21H2,1-10H3;10-17H,18-20H2,1-9H3;2-5H,6H2,1H3,(H4,10,11,12);1H/q;+1;;. The van der Waals surface area contributed by atoms with Gasteiger partial charge in [0, 0.05) is 14.1 Å². The SMILES string of the molecule is COc1ccc(I(C)c2ccc(CN(C(=O)OC(C)(C)C)C(=NC(=O)OC(C)(C)C)N3CN(C)C(=O)N(C)C3)cc2)cc1.COc1ccc([I+]c2ccc(CN(C(=O)OC(C)(C)C)C(=NC(=O)OC(C)(C)C)N3CN(C)C(=O)N(C)C3)cc2)cc1.Cc1ccc(CN=C(N)N)cc1.Cl. The molecule has 5 aromatic rings. The predicted octanol–water partition coefficient (Wildman–Crippen LogP) is 9.37. The van der Waals surface area contributed by atoms with E-state index in [2.05, 4.69) is 56.3 Å². The molecule has 7 rings (SSSR count). The van der Waals surface area contributed by atoms with Crippen LogP contribution in [-0.2, 0) is 38.6 Å². The van der Waals surface area contributed by atoms with Crippen molar-refractivity contribution >= 4 is 86.5 Å². The number of guanidine groups is 3. The molecule has 0 aromatic heterocycles. The van der Waals surface area contributed by atoms with Crippen LogP contribution in [0.5, 0.6) is 11.5 Å². The van der Waals surface area contributed by atoms with Gasteiger partial charge in [-0.2, -0.15) is 0 Å². The summed E-state index contributed by atoms with van der Waals surface area (Å²) in [5, 5.41) is 0. The van der Waals surface area contributed by atoms with Crippen molar-refractivity contribution in [3.63, 3.8) is 0 Å². The molecule has 0 radical (unpaired) electrons. The first-order valence-corrected chi connectivity index (χ1v) is 37.6. The van der Waals surface area contributed by atoms with Gasteiger partial charge in [-0.05, 0) is 96.0 Å². The maximum Gasteiger partial charge on any atom is 0.437 e. The first kappa shape index (κ1) is 82.1. The second kappa shape index (κ2) is 36.5. The van der Waals surface area contributed by atoms with Gasteiger partial charge in [-0.25, -0.2) is 24.3 Å². The molecule has 0 bridgehead atoms. The van der Waals surface area contributed by atoms with Crippen molar-refractivity contribution in [3.05, 3.63) is 158 Å². The largest absolute Gasteiger partial charge is 0.497 e. The van der Waals surface area contributed by atoms with E-state index in [1.54, 1.807) is 135 Å². The van der Waals surface area contributed by atoms with Gasteiger partial charge in [0.2, 0.25) is 5.96 Å². The van der Waals surface area contributed by atoms with E-state index in [4.69, 9.17) is 39.9 Å². The summed E-state index contributed by atoms with van der Waals surface area (Å²) >= 11 is -2.07. The van der Waals surface area contributed by atoms with Crippen molar-refractivity contribution in [3.8, 4) is 11.5 Å². The maximum absolute atomic E-state index is 13.7. The molecule has 2 saturated heterocycles. The van der Waals surface area contributed by atoms with Gasteiger partial charge in [0.05, 0.1) is 33.5 Å². The number of amides is 8. The molecule has 2 fully saturated rings. The molecule has 28 heteroatoms. The fraction of sp³-hybridized carbons (Fsp3) is 0.443. The zero-order valence-electron chi connectivity index (χ0n) is 60.1. The monoisotopic (exact) mass is 1600 g/mol. The third-order valence-electron chi connectivity index (χ3n) is 13.3. The Labute approximate surface area is 601 Å². The number of hydrogen-bond donors (Lipinski definition) is 2. The van der Waals surface area contributed by atoms with E-state index in [0.29, 0.717) is 6.54 Å². The van der Waals surface area contributed by atoms with E-state index >= 15 is 0 Å². The van der Waals surface area contributed by atoms with Crippen LogP contribution < -0.4 is 42.1 Å². The second-order valence-corrected chi connectivity index (χ2v) is 35.0. The Hall–Kier alpha value is -8.32. The fourth-order valence-electron chi connectivity index (χ4n) is 8.91. The van der Waals surface area contributed by atoms with Crippen LogP contribution in [0.25, 0.3) is 0 Å². The van der Waals surface area contributed by atoms with Gasteiger partial charge >= 0.3 is 302 Å². The minimum atomic E-state index is -1.66. The Kier molecular flexibility index (Phi) is 30.6. The molecule has 536 valence electrons. The minimum Gasteiger partial charge on any atom is -0.497 e. The van der Waals surface area contributed by atoms with Crippen molar-refractivity contribution in [2.24, 2.45) is 26.4 Å².